The van der Waals surface area contributed by atoms with Crippen molar-refractivity contribution in [3.8, 4) is 11.5 Å². The van der Waals surface area contributed by atoms with Gasteiger partial charge in [-0.05, 0) is 12.1 Å². The standard InChI is InChI=1S/C13H15NO5/c1-14-7-6-10(12(14)15)19-11-8(13(16)17)4-3-5-9(11)18-2/h3-5,10H,6-7H2,1-2H3,(H,16,17). The molecule has 1 amide bonds. The quantitative estimate of drug-likeness (QED) is 0.879. The van der Waals surface area contributed by atoms with E-state index in [0.717, 1.165) is 0 Å². The van der Waals surface area contributed by atoms with E-state index in [1.54, 1.807) is 24.1 Å². The molecule has 1 saturated heterocycles. The SMILES string of the molecule is COc1cccc(C(=O)O)c1OC1CCN(C)C1=O. The fraction of sp³-hybridized carbons (Fsp3) is 0.385. The fourth-order valence-corrected chi connectivity index (χ4v) is 2.01. The highest BCUT2D eigenvalue weighted by molar-refractivity contribution is 5.92. The average Bonchev–Trinajstić information content (AvgIpc) is 2.70. The zero-order chi connectivity index (χ0) is 14.0. The van der Waals surface area contributed by atoms with Gasteiger partial charge in [-0.15, -0.1) is 0 Å². The summed E-state index contributed by atoms with van der Waals surface area (Å²) >= 11 is 0. The van der Waals surface area contributed by atoms with E-state index in [1.807, 2.05) is 0 Å². The van der Waals surface area contributed by atoms with E-state index in [1.165, 1.54) is 13.2 Å². The predicted octanol–water partition coefficient (Wildman–Crippen LogP) is 1.00. The van der Waals surface area contributed by atoms with E-state index in [0.29, 0.717) is 18.7 Å². The Hall–Kier alpha value is -2.24. The van der Waals surface area contributed by atoms with Gasteiger partial charge in [0, 0.05) is 20.0 Å². The van der Waals surface area contributed by atoms with Crippen LogP contribution in [0.5, 0.6) is 11.5 Å². The van der Waals surface area contributed by atoms with Crippen molar-refractivity contribution in [2.75, 3.05) is 20.7 Å². The molecular formula is C13H15NO5. The minimum atomic E-state index is -1.12. The van der Waals surface area contributed by atoms with Gasteiger partial charge in [0.25, 0.3) is 5.91 Å². The van der Waals surface area contributed by atoms with Gasteiger partial charge in [0.15, 0.2) is 17.6 Å². The summed E-state index contributed by atoms with van der Waals surface area (Å²) in [5.74, 6) is -0.858. The Labute approximate surface area is 110 Å². The van der Waals surface area contributed by atoms with Crippen molar-refractivity contribution < 1.29 is 24.2 Å². The number of para-hydroxylation sites is 1. The molecule has 0 saturated carbocycles. The molecule has 6 nitrogen and oxygen atoms in total. The number of amides is 1. The van der Waals surface area contributed by atoms with Crippen molar-refractivity contribution in [1.29, 1.82) is 0 Å². The zero-order valence-corrected chi connectivity index (χ0v) is 10.8. The number of carbonyl (C=O) groups is 2. The van der Waals surface area contributed by atoms with Gasteiger partial charge in [0.2, 0.25) is 0 Å². The molecule has 0 aliphatic carbocycles. The molecule has 102 valence electrons. The number of carboxylic acids is 1. The summed E-state index contributed by atoms with van der Waals surface area (Å²) in [4.78, 5) is 24.5. The first kappa shape index (κ1) is 13.2. The number of hydrogen-bond acceptors (Lipinski definition) is 4. The minimum Gasteiger partial charge on any atom is -0.493 e. The molecule has 0 bridgehead atoms. The van der Waals surface area contributed by atoms with Gasteiger partial charge in [0.1, 0.15) is 5.56 Å². The monoisotopic (exact) mass is 265 g/mol. The number of likely N-dealkylation sites (tertiary alicyclic amines) is 1. The Balaban J connectivity index is 2.33. The lowest BCUT2D eigenvalue weighted by atomic mass is 10.2. The van der Waals surface area contributed by atoms with Gasteiger partial charge in [0.05, 0.1) is 7.11 Å². The molecule has 0 aromatic heterocycles. The Morgan fingerprint density at radius 1 is 1.47 bits per heavy atom. The maximum atomic E-state index is 11.8. The molecule has 1 unspecified atom stereocenters. The minimum absolute atomic E-state index is 0.0123. The topological polar surface area (TPSA) is 76.1 Å². The molecule has 1 aromatic rings. The number of likely N-dealkylation sites (N-methyl/N-ethyl adjacent to an activating group) is 1. The van der Waals surface area contributed by atoms with Crippen molar-refractivity contribution in [3.63, 3.8) is 0 Å². The highest BCUT2D eigenvalue weighted by Gasteiger charge is 2.32. The Morgan fingerprint density at radius 3 is 2.74 bits per heavy atom. The molecule has 1 heterocycles. The van der Waals surface area contributed by atoms with Crippen molar-refractivity contribution in [2.45, 2.75) is 12.5 Å². The third-order valence-electron chi connectivity index (χ3n) is 3.07. The molecule has 1 aliphatic heterocycles. The Morgan fingerprint density at radius 2 is 2.21 bits per heavy atom. The van der Waals surface area contributed by atoms with Gasteiger partial charge in [-0.25, -0.2) is 4.79 Å². The van der Waals surface area contributed by atoms with Crippen LogP contribution in [0.1, 0.15) is 16.8 Å². The molecule has 6 heteroatoms. The third kappa shape index (κ3) is 2.47. The number of ether oxygens (including phenoxy) is 2. The summed E-state index contributed by atoms with van der Waals surface area (Å²) in [6, 6.07) is 4.59. The molecular weight excluding hydrogens is 250 g/mol. The van der Waals surface area contributed by atoms with Crippen molar-refractivity contribution in [1.82, 2.24) is 4.90 Å². The normalized spacial score (nSPS) is 18.5. The maximum Gasteiger partial charge on any atom is 0.339 e. The first-order chi connectivity index (χ1) is 9.04. The summed E-state index contributed by atoms with van der Waals surface area (Å²) < 4.78 is 10.7. The lowest BCUT2D eigenvalue weighted by Gasteiger charge is -2.17. The van der Waals surface area contributed by atoms with E-state index in [4.69, 9.17) is 14.6 Å². The molecule has 0 spiro atoms. The van der Waals surface area contributed by atoms with E-state index < -0.39 is 12.1 Å². The zero-order valence-electron chi connectivity index (χ0n) is 10.8. The van der Waals surface area contributed by atoms with E-state index in [9.17, 15) is 9.59 Å². The lowest BCUT2D eigenvalue weighted by molar-refractivity contribution is -0.132. The van der Waals surface area contributed by atoms with E-state index >= 15 is 0 Å². The van der Waals surface area contributed by atoms with Crippen LogP contribution >= 0.6 is 0 Å². The number of aromatic carboxylic acids is 1. The molecule has 2 rings (SSSR count). The first-order valence-electron chi connectivity index (χ1n) is 5.86. The molecule has 1 atom stereocenters. The maximum absolute atomic E-state index is 11.8. The second-order valence-corrected chi connectivity index (χ2v) is 4.30. The Kier molecular flexibility index (Phi) is 3.59. The number of nitrogens with zero attached hydrogens (tertiary/aromatic N) is 1. The van der Waals surface area contributed by atoms with Crippen LogP contribution in [-0.4, -0.2) is 48.7 Å². The van der Waals surface area contributed by atoms with Crippen LogP contribution in [0.2, 0.25) is 0 Å². The summed E-state index contributed by atoms with van der Waals surface area (Å²) in [6.45, 7) is 0.598. The van der Waals surface area contributed by atoms with Crippen LogP contribution in [0.25, 0.3) is 0 Å². The van der Waals surface area contributed by atoms with Crippen LogP contribution in [0.15, 0.2) is 18.2 Å². The first-order valence-corrected chi connectivity index (χ1v) is 5.86. The highest BCUT2D eigenvalue weighted by Crippen LogP contribution is 2.33. The molecule has 1 fully saturated rings. The predicted molar refractivity (Wildman–Crippen MR) is 66.6 cm³/mol. The van der Waals surface area contributed by atoms with Gasteiger partial charge >= 0.3 is 5.97 Å². The third-order valence-corrected chi connectivity index (χ3v) is 3.07. The van der Waals surface area contributed by atoms with Crippen molar-refractivity contribution in [3.05, 3.63) is 23.8 Å². The number of rotatable bonds is 4. The van der Waals surface area contributed by atoms with Gasteiger partial charge in [-0.3, -0.25) is 4.79 Å². The van der Waals surface area contributed by atoms with Gasteiger partial charge in [-0.2, -0.15) is 0 Å². The summed E-state index contributed by atoms with van der Waals surface area (Å²) in [7, 11) is 3.11. The largest absolute Gasteiger partial charge is 0.493 e. The number of hydrogen-bond donors (Lipinski definition) is 1. The second kappa shape index (κ2) is 5.17. The molecule has 19 heavy (non-hydrogen) atoms. The summed E-state index contributed by atoms with van der Waals surface area (Å²) in [5.41, 5.74) is -0.0123. The molecule has 1 aliphatic rings. The van der Waals surface area contributed by atoms with Crippen LogP contribution in [0, 0.1) is 0 Å². The fourth-order valence-electron chi connectivity index (χ4n) is 2.01. The van der Waals surface area contributed by atoms with Crippen molar-refractivity contribution in [2.24, 2.45) is 0 Å². The van der Waals surface area contributed by atoms with Gasteiger partial charge in [-0.1, -0.05) is 6.07 Å². The smallest absolute Gasteiger partial charge is 0.339 e. The van der Waals surface area contributed by atoms with Crippen LogP contribution < -0.4 is 9.47 Å². The van der Waals surface area contributed by atoms with Crippen LogP contribution in [-0.2, 0) is 4.79 Å². The number of carbonyl (C=O) groups excluding carboxylic acids is 1. The number of methoxy groups -OCH3 is 1. The second-order valence-electron chi connectivity index (χ2n) is 4.30. The highest BCUT2D eigenvalue weighted by atomic mass is 16.5. The van der Waals surface area contributed by atoms with Crippen LogP contribution in [0.3, 0.4) is 0 Å². The van der Waals surface area contributed by atoms with Crippen LogP contribution in [0.4, 0.5) is 0 Å². The lowest BCUT2D eigenvalue weighted by Crippen LogP contribution is -2.30. The number of benzene rings is 1. The molecule has 1 N–H and O–H groups in total. The summed E-state index contributed by atoms with van der Waals surface area (Å²) in [6.07, 6.45) is -0.119. The van der Waals surface area contributed by atoms with Crippen molar-refractivity contribution >= 4 is 11.9 Å². The average molecular weight is 265 g/mol. The molecule has 1 aromatic carbocycles. The summed E-state index contributed by atoms with van der Waals surface area (Å²) in [5, 5.41) is 9.15. The van der Waals surface area contributed by atoms with Gasteiger partial charge < -0.3 is 19.5 Å². The Bertz CT molecular complexity index is 514. The van der Waals surface area contributed by atoms with E-state index in [2.05, 4.69) is 0 Å². The molecule has 0 radical (unpaired) electrons. The van der Waals surface area contributed by atoms with E-state index in [-0.39, 0.29) is 17.2 Å². The number of carboxylic acid groups (broad SMARTS) is 1.